The summed E-state index contributed by atoms with van der Waals surface area (Å²) in [6.45, 7) is 4.02. The van der Waals surface area contributed by atoms with Gasteiger partial charge >= 0.3 is 0 Å². The first-order valence-corrected chi connectivity index (χ1v) is 8.38. The molecule has 2 atom stereocenters. The van der Waals surface area contributed by atoms with Crippen molar-refractivity contribution >= 4 is 11.5 Å². The lowest BCUT2D eigenvalue weighted by Gasteiger charge is -2.29. The maximum absolute atomic E-state index is 5.76. The number of hydrogen-bond acceptors (Lipinski definition) is 5. The zero-order chi connectivity index (χ0) is 14.5. The fourth-order valence-electron chi connectivity index (χ4n) is 2.89. The predicted molar refractivity (Wildman–Crippen MR) is 84.9 cm³/mol. The van der Waals surface area contributed by atoms with Crippen LogP contribution in [0.2, 0.25) is 0 Å². The number of para-hydroxylation sites is 1. The van der Waals surface area contributed by atoms with Gasteiger partial charge in [0.1, 0.15) is 5.75 Å². The summed E-state index contributed by atoms with van der Waals surface area (Å²) in [4.78, 5) is 1.23. The Balaban J connectivity index is 1.77. The van der Waals surface area contributed by atoms with Crippen molar-refractivity contribution in [1.82, 2.24) is 14.9 Å². The van der Waals surface area contributed by atoms with Crippen molar-refractivity contribution in [3.63, 3.8) is 0 Å². The minimum absolute atomic E-state index is 0.334. The number of hydrogen-bond donors (Lipinski definition) is 1. The molecule has 1 aliphatic rings. The summed E-state index contributed by atoms with van der Waals surface area (Å²) < 4.78 is 9.78. The molecule has 0 spiro atoms. The van der Waals surface area contributed by atoms with E-state index in [-0.39, 0.29) is 0 Å². The van der Waals surface area contributed by atoms with E-state index in [1.54, 1.807) is 0 Å². The first kappa shape index (κ1) is 14.5. The summed E-state index contributed by atoms with van der Waals surface area (Å²) in [5.41, 5.74) is 1.34. The first-order chi connectivity index (χ1) is 10.4. The average Bonchev–Trinajstić information content (AvgIpc) is 3.06. The molecule has 112 valence electrons. The summed E-state index contributed by atoms with van der Waals surface area (Å²) in [6, 6.07) is 8.75. The minimum atomic E-state index is 0.334. The van der Waals surface area contributed by atoms with Gasteiger partial charge in [-0.2, -0.15) is 0 Å². The molecule has 1 aromatic heterocycles. The highest BCUT2D eigenvalue weighted by atomic mass is 32.1. The van der Waals surface area contributed by atoms with Gasteiger partial charge in [0.15, 0.2) is 0 Å². The van der Waals surface area contributed by atoms with Gasteiger partial charge in [0.25, 0.3) is 0 Å². The Morgan fingerprint density at radius 3 is 3.14 bits per heavy atom. The number of fused-ring (bicyclic) bond motifs is 1. The quantitative estimate of drug-likeness (QED) is 0.886. The Morgan fingerprint density at radius 2 is 2.33 bits per heavy atom. The molecule has 4 nitrogen and oxygen atoms in total. The van der Waals surface area contributed by atoms with E-state index in [0.717, 1.165) is 38.2 Å². The highest BCUT2D eigenvalue weighted by Crippen LogP contribution is 2.39. The van der Waals surface area contributed by atoms with E-state index in [0.29, 0.717) is 12.0 Å². The van der Waals surface area contributed by atoms with Crippen LogP contribution in [0.4, 0.5) is 0 Å². The van der Waals surface area contributed by atoms with E-state index < -0.39 is 0 Å². The fourth-order valence-corrected chi connectivity index (χ4v) is 3.48. The normalized spacial score (nSPS) is 18.8. The lowest BCUT2D eigenvalue weighted by atomic mass is 9.87. The molecule has 2 heterocycles. The van der Waals surface area contributed by atoms with Crippen molar-refractivity contribution < 1.29 is 4.74 Å². The molecule has 2 aromatic rings. The van der Waals surface area contributed by atoms with Gasteiger partial charge in [-0.3, -0.25) is 0 Å². The SMILES string of the molecule is CCCNC(CC1CCOc2ccccc21)c1cnns1. The monoisotopic (exact) mass is 303 g/mol. The van der Waals surface area contributed by atoms with Crippen LogP contribution in [-0.4, -0.2) is 22.7 Å². The molecule has 0 saturated heterocycles. The molecular weight excluding hydrogens is 282 g/mol. The number of nitrogens with one attached hydrogen (secondary N) is 1. The molecule has 1 N–H and O–H groups in total. The van der Waals surface area contributed by atoms with E-state index in [2.05, 4.69) is 40.0 Å². The highest BCUT2D eigenvalue weighted by Gasteiger charge is 2.25. The van der Waals surface area contributed by atoms with Gasteiger partial charge in [0, 0.05) is 6.04 Å². The van der Waals surface area contributed by atoms with Gasteiger partial charge in [-0.1, -0.05) is 29.6 Å². The van der Waals surface area contributed by atoms with Crippen LogP contribution >= 0.6 is 11.5 Å². The maximum Gasteiger partial charge on any atom is 0.122 e. The van der Waals surface area contributed by atoms with Gasteiger partial charge in [0.05, 0.1) is 17.7 Å². The Bertz CT molecular complexity index is 558. The largest absolute Gasteiger partial charge is 0.493 e. The van der Waals surface area contributed by atoms with E-state index in [1.807, 2.05) is 12.3 Å². The van der Waals surface area contributed by atoms with Crippen LogP contribution in [0.25, 0.3) is 0 Å². The molecule has 0 fully saturated rings. The van der Waals surface area contributed by atoms with Gasteiger partial charge in [-0.25, -0.2) is 0 Å². The van der Waals surface area contributed by atoms with Crippen molar-refractivity contribution in [2.24, 2.45) is 0 Å². The van der Waals surface area contributed by atoms with E-state index in [9.17, 15) is 0 Å². The Kier molecular flexibility index (Phi) is 4.83. The maximum atomic E-state index is 5.76. The van der Waals surface area contributed by atoms with Crippen molar-refractivity contribution in [3.8, 4) is 5.75 Å². The Hall–Kier alpha value is -1.46. The molecule has 1 aliphatic heterocycles. The smallest absolute Gasteiger partial charge is 0.122 e. The summed E-state index contributed by atoms with van der Waals surface area (Å²) in [5, 5.41) is 7.63. The molecule has 0 amide bonds. The number of nitrogens with zero attached hydrogens (tertiary/aromatic N) is 2. The second-order valence-corrected chi connectivity index (χ2v) is 6.25. The molecule has 0 aliphatic carbocycles. The summed E-state index contributed by atoms with van der Waals surface area (Å²) in [5.74, 6) is 1.58. The molecule has 0 saturated carbocycles. The van der Waals surface area contributed by atoms with Crippen LogP contribution in [0, 0.1) is 0 Å². The van der Waals surface area contributed by atoms with Crippen LogP contribution in [0.3, 0.4) is 0 Å². The third kappa shape index (κ3) is 3.41. The van der Waals surface area contributed by atoms with Crippen LogP contribution in [0.15, 0.2) is 30.5 Å². The van der Waals surface area contributed by atoms with Gasteiger partial charge < -0.3 is 10.1 Å². The zero-order valence-electron chi connectivity index (χ0n) is 12.3. The molecule has 21 heavy (non-hydrogen) atoms. The molecule has 0 bridgehead atoms. The second-order valence-electron chi connectivity index (χ2n) is 5.43. The third-order valence-corrected chi connectivity index (χ3v) is 4.74. The van der Waals surface area contributed by atoms with E-state index in [4.69, 9.17) is 4.74 Å². The summed E-state index contributed by atoms with van der Waals surface area (Å²) >= 11 is 1.50. The van der Waals surface area contributed by atoms with Crippen LogP contribution in [-0.2, 0) is 0 Å². The average molecular weight is 303 g/mol. The topological polar surface area (TPSA) is 47.0 Å². The lowest BCUT2D eigenvalue weighted by molar-refractivity contribution is 0.255. The third-order valence-electron chi connectivity index (χ3n) is 3.97. The predicted octanol–water partition coefficient (Wildman–Crippen LogP) is 3.54. The fraction of sp³-hybridized carbons (Fsp3) is 0.500. The summed E-state index contributed by atoms with van der Waals surface area (Å²) in [6.07, 6.45) is 5.17. The van der Waals surface area contributed by atoms with E-state index in [1.165, 1.54) is 22.0 Å². The molecule has 0 radical (unpaired) electrons. The van der Waals surface area contributed by atoms with Crippen LogP contribution in [0.5, 0.6) is 5.75 Å². The van der Waals surface area contributed by atoms with E-state index >= 15 is 0 Å². The minimum Gasteiger partial charge on any atom is -0.493 e. The van der Waals surface area contributed by atoms with Gasteiger partial charge in [-0.05, 0) is 54.9 Å². The highest BCUT2D eigenvalue weighted by molar-refractivity contribution is 7.05. The summed E-state index contributed by atoms with van der Waals surface area (Å²) in [7, 11) is 0. The van der Waals surface area contributed by atoms with Crippen molar-refractivity contribution in [3.05, 3.63) is 40.9 Å². The number of aromatic nitrogens is 2. The molecular formula is C16H21N3OS. The molecule has 2 unspecified atom stereocenters. The lowest BCUT2D eigenvalue weighted by Crippen LogP contribution is -2.25. The van der Waals surface area contributed by atoms with Crippen molar-refractivity contribution in [2.75, 3.05) is 13.2 Å². The van der Waals surface area contributed by atoms with Crippen molar-refractivity contribution in [2.45, 2.75) is 38.1 Å². The Labute approximate surface area is 129 Å². The Morgan fingerprint density at radius 1 is 1.43 bits per heavy atom. The zero-order valence-corrected chi connectivity index (χ0v) is 13.1. The van der Waals surface area contributed by atoms with Gasteiger partial charge in [-0.15, -0.1) is 5.10 Å². The first-order valence-electron chi connectivity index (χ1n) is 7.61. The second kappa shape index (κ2) is 7.00. The van der Waals surface area contributed by atoms with Gasteiger partial charge in [0.2, 0.25) is 0 Å². The number of ether oxygens (including phenoxy) is 1. The molecule has 3 rings (SSSR count). The van der Waals surface area contributed by atoms with Crippen LogP contribution < -0.4 is 10.1 Å². The molecule has 1 aromatic carbocycles. The standard InChI is InChI=1S/C16H21N3OS/c1-2-8-17-14(16-11-18-19-21-16)10-12-7-9-20-15-6-4-3-5-13(12)15/h3-6,11-12,14,17H,2,7-10H2,1H3. The number of benzene rings is 1. The van der Waals surface area contributed by atoms with Crippen LogP contribution in [0.1, 0.15) is 48.6 Å². The number of rotatable bonds is 6. The van der Waals surface area contributed by atoms with Crippen molar-refractivity contribution in [1.29, 1.82) is 0 Å². The molecule has 5 heteroatoms.